The number of hydrogen-bond donors (Lipinski definition) is 0. The van der Waals surface area contributed by atoms with Gasteiger partial charge in [0.05, 0.1) is 17.4 Å². The molecule has 5 nitrogen and oxygen atoms in total. The number of imide groups is 1. The van der Waals surface area contributed by atoms with Crippen molar-refractivity contribution in [1.82, 2.24) is 0 Å². The summed E-state index contributed by atoms with van der Waals surface area (Å²) in [5.74, 6) is -2.23. The number of nitrogens with zero attached hydrogens (tertiary/aromatic N) is 2. The number of carbonyl (C=O) groups is 2. The zero-order valence-corrected chi connectivity index (χ0v) is 17.4. The molecule has 2 fully saturated rings. The molecule has 2 heterocycles. The highest BCUT2D eigenvalue weighted by Gasteiger charge is 2.60. The van der Waals surface area contributed by atoms with E-state index in [0.29, 0.717) is 27.0 Å². The summed E-state index contributed by atoms with van der Waals surface area (Å²) >= 11 is 12.6. The van der Waals surface area contributed by atoms with E-state index in [1.165, 1.54) is 24.3 Å². The number of fused-ring (bicyclic) bond motifs is 1. The van der Waals surface area contributed by atoms with E-state index in [-0.39, 0.29) is 0 Å². The summed E-state index contributed by atoms with van der Waals surface area (Å²) in [6.45, 7) is 0. The van der Waals surface area contributed by atoms with Crippen molar-refractivity contribution < 1.29 is 18.8 Å². The standard InChI is InChI=1S/C23H15Cl2FN2O3/c24-13-6-11-17(18(25)12-13)20-19-21(31-28(20)16-4-2-1-3-5-16)23(30)27(22(19)29)15-9-7-14(26)8-10-15/h1-12,19-21H/t19-,20+,21+/m1/s1. The van der Waals surface area contributed by atoms with Crippen molar-refractivity contribution >= 4 is 46.4 Å². The van der Waals surface area contributed by atoms with Gasteiger partial charge in [0.25, 0.3) is 5.91 Å². The molecule has 0 spiro atoms. The second-order valence-corrected chi connectivity index (χ2v) is 8.16. The first-order chi connectivity index (χ1) is 15.0. The smallest absolute Gasteiger partial charge is 0.266 e. The summed E-state index contributed by atoms with van der Waals surface area (Å²) in [6, 6.07) is 18.7. The molecule has 0 aliphatic carbocycles. The maximum atomic E-state index is 13.5. The molecule has 0 unspecified atom stereocenters. The number of amides is 2. The van der Waals surface area contributed by atoms with Crippen LogP contribution in [0.15, 0.2) is 72.8 Å². The van der Waals surface area contributed by atoms with E-state index in [2.05, 4.69) is 0 Å². The van der Waals surface area contributed by atoms with Crippen molar-refractivity contribution in [1.29, 1.82) is 0 Å². The first-order valence-electron chi connectivity index (χ1n) is 9.55. The van der Waals surface area contributed by atoms with Crippen LogP contribution in [0.5, 0.6) is 0 Å². The molecule has 5 rings (SSSR count). The zero-order chi connectivity index (χ0) is 21.7. The van der Waals surface area contributed by atoms with E-state index in [1.54, 1.807) is 23.3 Å². The van der Waals surface area contributed by atoms with Gasteiger partial charge >= 0.3 is 0 Å². The second-order valence-electron chi connectivity index (χ2n) is 7.31. The molecule has 2 saturated heterocycles. The highest BCUT2D eigenvalue weighted by molar-refractivity contribution is 6.35. The first kappa shape index (κ1) is 20.0. The minimum absolute atomic E-state index is 0.293. The van der Waals surface area contributed by atoms with Gasteiger partial charge in [0, 0.05) is 10.0 Å². The van der Waals surface area contributed by atoms with E-state index in [0.717, 1.165) is 4.90 Å². The van der Waals surface area contributed by atoms with Crippen LogP contribution in [0, 0.1) is 11.7 Å². The molecule has 0 N–H and O–H groups in total. The van der Waals surface area contributed by atoms with Crippen molar-refractivity contribution in [2.24, 2.45) is 5.92 Å². The maximum absolute atomic E-state index is 13.5. The van der Waals surface area contributed by atoms with Gasteiger partial charge in [0.15, 0.2) is 6.10 Å². The van der Waals surface area contributed by atoms with Gasteiger partial charge in [-0.3, -0.25) is 14.4 Å². The van der Waals surface area contributed by atoms with E-state index >= 15 is 0 Å². The molecule has 0 saturated carbocycles. The Kier molecular flexibility index (Phi) is 4.93. The minimum Gasteiger partial charge on any atom is -0.273 e. The molecule has 3 aromatic carbocycles. The maximum Gasteiger partial charge on any atom is 0.266 e. The average molecular weight is 457 g/mol. The molecule has 0 radical (unpaired) electrons. The van der Waals surface area contributed by atoms with Gasteiger partial charge in [-0.2, -0.15) is 0 Å². The third-order valence-corrected chi connectivity index (χ3v) is 6.05. The number of anilines is 2. The highest BCUT2D eigenvalue weighted by atomic mass is 35.5. The lowest BCUT2D eigenvalue weighted by Gasteiger charge is -2.29. The van der Waals surface area contributed by atoms with Gasteiger partial charge < -0.3 is 0 Å². The normalized spacial score (nSPS) is 22.9. The van der Waals surface area contributed by atoms with Crippen molar-refractivity contribution in [3.05, 3.63) is 94.2 Å². The number of rotatable bonds is 3. The Hall–Kier alpha value is -2.93. The quantitative estimate of drug-likeness (QED) is 0.509. The Bertz CT molecular complexity index is 1170. The van der Waals surface area contributed by atoms with Crippen molar-refractivity contribution in [3.8, 4) is 0 Å². The van der Waals surface area contributed by atoms with Gasteiger partial charge in [-0.1, -0.05) is 47.5 Å². The third kappa shape index (κ3) is 3.28. The Morgan fingerprint density at radius 3 is 2.23 bits per heavy atom. The van der Waals surface area contributed by atoms with Crippen molar-refractivity contribution in [2.75, 3.05) is 9.96 Å². The fourth-order valence-electron chi connectivity index (χ4n) is 4.12. The lowest BCUT2D eigenvalue weighted by Crippen LogP contribution is -2.37. The topological polar surface area (TPSA) is 49.9 Å². The Labute approximate surface area is 187 Å². The monoisotopic (exact) mass is 456 g/mol. The molecule has 3 atom stereocenters. The summed E-state index contributed by atoms with van der Waals surface area (Å²) in [7, 11) is 0. The number of halogens is 3. The summed E-state index contributed by atoms with van der Waals surface area (Å²) < 4.78 is 13.4. The lowest BCUT2D eigenvalue weighted by molar-refractivity contribution is -0.126. The third-order valence-electron chi connectivity index (χ3n) is 5.49. The molecule has 0 aromatic heterocycles. The number of carbonyl (C=O) groups excluding carboxylic acids is 2. The number of hydroxylamine groups is 1. The molecule has 2 aliphatic rings. The van der Waals surface area contributed by atoms with Gasteiger partial charge in [-0.05, 0) is 54.1 Å². The predicted molar refractivity (Wildman–Crippen MR) is 115 cm³/mol. The SMILES string of the molecule is O=C1[C@H]2[C@H](ON(c3ccccc3)[C@H]2c2ccc(Cl)cc2Cl)C(=O)N1c1ccc(F)cc1. The molecule has 3 aromatic rings. The molecular formula is C23H15Cl2FN2O3. The van der Waals surface area contributed by atoms with Crippen LogP contribution < -0.4 is 9.96 Å². The molecule has 31 heavy (non-hydrogen) atoms. The van der Waals surface area contributed by atoms with E-state index in [4.69, 9.17) is 28.0 Å². The minimum atomic E-state index is -1.03. The van der Waals surface area contributed by atoms with Crippen LogP contribution in [0.3, 0.4) is 0 Å². The summed E-state index contributed by atoms with van der Waals surface area (Å²) in [4.78, 5) is 33.7. The summed E-state index contributed by atoms with van der Waals surface area (Å²) in [5.41, 5.74) is 1.59. The Morgan fingerprint density at radius 2 is 1.55 bits per heavy atom. The van der Waals surface area contributed by atoms with Crippen molar-refractivity contribution in [3.63, 3.8) is 0 Å². The molecule has 156 valence electrons. The Morgan fingerprint density at radius 1 is 0.839 bits per heavy atom. The van der Waals surface area contributed by atoms with Gasteiger partial charge in [0.2, 0.25) is 5.91 Å². The molecule has 2 amide bonds. The lowest BCUT2D eigenvalue weighted by atomic mass is 9.90. The van der Waals surface area contributed by atoms with Gasteiger partial charge in [-0.15, -0.1) is 0 Å². The number of para-hydroxylation sites is 1. The van der Waals surface area contributed by atoms with Crippen LogP contribution in [0.4, 0.5) is 15.8 Å². The van der Waals surface area contributed by atoms with Crippen LogP contribution in [-0.2, 0) is 14.4 Å². The number of benzene rings is 3. The first-order valence-corrected chi connectivity index (χ1v) is 10.3. The van der Waals surface area contributed by atoms with E-state index in [1.807, 2.05) is 30.3 Å². The average Bonchev–Trinajstić information content (AvgIpc) is 3.26. The predicted octanol–water partition coefficient (Wildman–Crippen LogP) is 5.18. The summed E-state index contributed by atoms with van der Waals surface area (Å²) in [6.07, 6.45) is -1.03. The van der Waals surface area contributed by atoms with Crippen LogP contribution in [0.2, 0.25) is 10.0 Å². The zero-order valence-electron chi connectivity index (χ0n) is 15.9. The van der Waals surface area contributed by atoms with Crippen molar-refractivity contribution in [2.45, 2.75) is 12.1 Å². The van der Waals surface area contributed by atoms with E-state index < -0.39 is 35.7 Å². The fraction of sp³-hybridized carbons (Fsp3) is 0.130. The second kappa shape index (κ2) is 7.64. The fourth-order valence-corrected chi connectivity index (χ4v) is 4.64. The largest absolute Gasteiger partial charge is 0.273 e. The highest BCUT2D eigenvalue weighted by Crippen LogP contribution is 2.49. The molecular weight excluding hydrogens is 442 g/mol. The number of hydrogen-bond acceptors (Lipinski definition) is 4. The summed E-state index contributed by atoms with van der Waals surface area (Å²) in [5, 5.41) is 2.38. The van der Waals surface area contributed by atoms with Gasteiger partial charge in [-0.25, -0.2) is 14.4 Å². The molecule has 8 heteroatoms. The molecule has 0 bridgehead atoms. The van der Waals surface area contributed by atoms with Crippen LogP contribution >= 0.6 is 23.2 Å². The molecule has 2 aliphatic heterocycles. The van der Waals surface area contributed by atoms with E-state index in [9.17, 15) is 14.0 Å². The van der Waals surface area contributed by atoms with Crippen LogP contribution in [0.1, 0.15) is 11.6 Å². The van der Waals surface area contributed by atoms with Crippen LogP contribution in [0.25, 0.3) is 0 Å². The van der Waals surface area contributed by atoms with Crippen LogP contribution in [-0.4, -0.2) is 17.9 Å². The van der Waals surface area contributed by atoms with Gasteiger partial charge in [0.1, 0.15) is 11.7 Å². The Balaban J connectivity index is 1.61.